The van der Waals surface area contributed by atoms with Gasteiger partial charge in [0.15, 0.2) is 0 Å². The topological polar surface area (TPSA) is 79.8 Å². The molecule has 1 atom stereocenters. The molecular formula is C23H16ClF4N5OS. The molecular weight excluding hydrogens is 506 g/mol. The average Bonchev–Trinajstić information content (AvgIpc) is 3.31. The number of hydrogen-bond acceptors (Lipinski definition) is 5. The van der Waals surface area contributed by atoms with E-state index in [4.69, 9.17) is 11.6 Å². The highest BCUT2D eigenvalue weighted by Gasteiger charge is 2.41. The van der Waals surface area contributed by atoms with Gasteiger partial charge < -0.3 is 5.32 Å². The lowest BCUT2D eigenvalue weighted by molar-refractivity contribution is -0.137. The van der Waals surface area contributed by atoms with E-state index in [1.807, 2.05) is 0 Å². The number of halogens is 5. The number of benzene rings is 2. The molecule has 0 fully saturated rings. The molecule has 0 spiro atoms. The van der Waals surface area contributed by atoms with Crippen molar-refractivity contribution in [1.29, 1.82) is 0 Å². The monoisotopic (exact) mass is 521 g/mol. The van der Waals surface area contributed by atoms with Gasteiger partial charge in [-0.15, -0.1) is 10.2 Å². The smallest absolute Gasteiger partial charge is 0.322 e. The van der Waals surface area contributed by atoms with E-state index in [1.54, 1.807) is 30.3 Å². The van der Waals surface area contributed by atoms with E-state index in [-0.39, 0.29) is 27.8 Å². The Kier molecular flexibility index (Phi) is 6.99. The largest absolute Gasteiger partial charge is 0.416 e. The number of amides is 2. The molecule has 2 N–H and O–H groups in total. The van der Waals surface area contributed by atoms with Gasteiger partial charge in [-0.1, -0.05) is 53.3 Å². The van der Waals surface area contributed by atoms with Crippen LogP contribution in [0.2, 0.25) is 5.02 Å². The zero-order chi connectivity index (χ0) is 25.1. The number of anilines is 1. The third kappa shape index (κ3) is 5.75. The Balaban J connectivity index is 1.92. The van der Waals surface area contributed by atoms with E-state index in [2.05, 4.69) is 25.8 Å². The maximum atomic E-state index is 14.6. The van der Waals surface area contributed by atoms with Gasteiger partial charge in [0.05, 0.1) is 16.3 Å². The molecule has 0 aliphatic heterocycles. The first-order valence-corrected chi connectivity index (χ1v) is 11.3. The predicted octanol–water partition coefficient (Wildman–Crippen LogP) is 6.05. The minimum Gasteiger partial charge on any atom is -0.322 e. The highest BCUT2D eigenvalue weighted by Crippen LogP contribution is 2.38. The van der Waals surface area contributed by atoms with Crippen molar-refractivity contribution in [3.05, 3.63) is 106 Å². The van der Waals surface area contributed by atoms with E-state index in [0.29, 0.717) is 11.6 Å². The lowest BCUT2D eigenvalue weighted by atomic mass is 9.80. The van der Waals surface area contributed by atoms with Crippen molar-refractivity contribution in [3.63, 3.8) is 0 Å². The number of hydrogen-bond donors (Lipinski definition) is 2. The van der Waals surface area contributed by atoms with Crippen LogP contribution in [0.5, 0.6) is 0 Å². The van der Waals surface area contributed by atoms with Crippen LogP contribution in [0.1, 0.15) is 22.4 Å². The van der Waals surface area contributed by atoms with Gasteiger partial charge in [-0.2, -0.15) is 13.2 Å². The third-order valence-electron chi connectivity index (χ3n) is 5.10. The minimum atomic E-state index is -4.82. The number of rotatable bonds is 6. The summed E-state index contributed by atoms with van der Waals surface area (Å²) in [5.41, 5.74) is -0.880. The molecule has 6 nitrogen and oxygen atoms in total. The van der Waals surface area contributed by atoms with Gasteiger partial charge in [-0.05, 0) is 41.5 Å². The fourth-order valence-electron chi connectivity index (χ4n) is 3.60. The number of nitrogens with one attached hydrogen (secondary N) is 2. The second-order valence-corrected chi connectivity index (χ2v) is 8.75. The Bertz CT molecular complexity index is 1300. The highest BCUT2D eigenvalue weighted by molar-refractivity contribution is 7.13. The van der Waals surface area contributed by atoms with Crippen LogP contribution in [0.15, 0.2) is 72.4 Å². The van der Waals surface area contributed by atoms with Crippen LogP contribution in [-0.4, -0.2) is 21.2 Å². The molecule has 1 unspecified atom stereocenters. The van der Waals surface area contributed by atoms with Crippen LogP contribution in [0.4, 0.5) is 27.5 Å². The minimum absolute atomic E-state index is 0.0488. The molecule has 0 radical (unpaired) electrons. The summed E-state index contributed by atoms with van der Waals surface area (Å²) in [6.45, 7) is 0. The van der Waals surface area contributed by atoms with Crippen LogP contribution in [0.3, 0.4) is 0 Å². The van der Waals surface area contributed by atoms with Gasteiger partial charge in [-0.3, -0.25) is 10.3 Å². The first-order valence-electron chi connectivity index (χ1n) is 10.1. The third-order valence-corrected chi connectivity index (χ3v) is 5.93. The van der Waals surface area contributed by atoms with Crippen LogP contribution >= 0.6 is 22.9 Å². The van der Waals surface area contributed by atoms with Crippen molar-refractivity contribution in [3.8, 4) is 0 Å². The van der Waals surface area contributed by atoms with Crippen LogP contribution in [0, 0.1) is 5.82 Å². The summed E-state index contributed by atoms with van der Waals surface area (Å²) < 4.78 is 55.4. The summed E-state index contributed by atoms with van der Waals surface area (Å²) >= 11 is 7.04. The Morgan fingerprint density at radius 3 is 2.40 bits per heavy atom. The second kappa shape index (κ2) is 9.96. The van der Waals surface area contributed by atoms with Gasteiger partial charge in [0.2, 0.25) is 5.13 Å². The molecule has 35 heavy (non-hydrogen) atoms. The molecule has 2 amide bonds. The molecule has 180 valence electrons. The number of pyridine rings is 1. The molecule has 0 aliphatic carbocycles. The van der Waals surface area contributed by atoms with E-state index < -0.39 is 29.1 Å². The van der Waals surface area contributed by atoms with E-state index in [1.165, 1.54) is 23.8 Å². The van der Waals surface area contributed by atoms with Crippen molar-refractivity contribution >= 4 is 34.1 Å². The molecule has 2 aromatic carbocycles. The Morgan fingerprint density at radius 2 is 1.77 bits per heavy atom. The molecule has 2 aromatic heterocycles. The summed E-state index contributed by atoms with van der Waals surface area (Å²) in [7, 11) is 0. The number of alkyl halides is 3. The summed E-state index contributed by atoms with van der Waals surface area (Å²) in [6, 6.07) is 13.0. The van der Waals surface area contributed by atoms with Gasteiger partial charge in [0.1, 0.15) is 16.9 Å². The highest BCUT2D eigenvalue weighted by atomic mass is 35.5. The molecule has 0 aliphatic rings. The Morgan fingerprint density at radius 1 is 1.03 bits per heavy atom. The second-order valence-electron chi connectivity index (χ2n) is 7.48. The lowest BCUT2D eigenvalue weighted by Crippen LogP contribution is -2.50. The van der Waals surface area contributed by atoms with E-state index in [0.717, 1.165) is 23.5 Å². The van der Waals surface area contributed by atoms with E-state index in [9.17, 15) is 22.4 Å². The molecule has 0 bridgehead atoms. The summed E-state index contributed by atoms with van der Waals surface area (Å²) in [5, 5.41) is 13.0. The summed E-state index contributed by atoms with van der Waals surface area (Å²) in [4.78, 5) is 17.3. The van der Waals surface area contributed by atoms with Crippen LogP contribution in [-0.2, 0) is 18.1 Å². The zero-order valence-corrected chi connectivity index (χ0v) is 19.3. The van der Waals surface area contributed by atoms with Crippen molar-refractivity contribution in [2.24, 2.45) is 0 Å². The Labute approximate surface area is 206 Å². The first kappa shape index (κ1) is 24.6. The van der Waals surface area contributed by atoms with Crippen LogP contribution < -0.4 is 10.6 Å². The molecule has 0 saturated heterocycles. The van der Waals surface area contributed by atoms with Crippen molar-refractivity contribution < 1.29 is 22.4 Å². The van der Waals surface area contributed by atoms with Gasteiger partial charge in [0, 0.05) is 12.6 Å². The normalized spacial score (nSPS) is 13.2. The summed E-state index contributed by atoms with van der Waals surface area (Å²) in [6.07, 6.45) is -3.57. The average molecular weight is 522 g/mol. The number of urea groups is 1. The number of carbonyl (C=O) groups excluding carboxylic acids is 1. The van der Waals surface area contributed by atoms with Crippen molar-refractivity contribution in [2.75, 3.05) is 5.32 Å². The first-order chi connectivity index (χ1) is 16.7. The standard InChI is InChI=1S/C23H16ClF4N5OS/c24-17-6-7-19(29-12-17)22(11-14-4-2-1-3-5-14,32-20(34)31-21-33-30-13-35-21)15-8-16(23(26,27)28)10-18(25)9-15/h1-10,12-13H,11H2,(H2,31,32,33,34). The maximum absolute atomic E-state index is 14.6. The molecule has 12 heteroatoms. The molecule has 2 heterocycles. The zero-order valence-electron chi connectivity index (χ0n) is 17.7. The van der Waals surface area contributed by atoms with Crippen LogP contribution in [0.25, 0.3) is 0 Å². The SMILES string of the molecule is O=C(Nc1nncs1)NC(Cc1ccccc1)(c1cc(F)cc(C(F)(F)F)c1)c1ccc(Cl)cn1. The van der Waals surface area contributed by atoms with Gasteiger partial charge in [0.25, 0.3) is 0 Å². The van der Waals surface area contributed by atoms with Crippen molar-refractivity contribution in [2.45, 2.75) is 18.1 Å². The van der Waals surface area contributed by atoms with Crippen molar-refractivity contribution in [1.82, 2.24) is 20.5 Å². The molecule has 4 aromatic rings. The maximum Gasteiger partial charge on any atom is 0.416 e. The quantitative estimate of drug-likeness (QED) is 0.303. The fraction of sp³-hybridized carbons (Fsp3) is 0.130. The van der Waals surface area contributed by atoms with Gasteiger partial charge in [-0.25, -0.2) is 9.18 Å². The molecule has 0 saturated carbocycles. The molecule has 4 rings (SSSR count). The number of aromatic nitrogens is 3. The Hall–Kier alpha value is -3.57. The number of nitrogens with zero attached hydrogens (tertiary/aromatic N) is 3. The van der Waals surface area contributed by atoms with Gasteiger partial charge >= 0.3 is 12.2 Å². The number of carbonyl (C=O) groups is 1. The lowest BCUT2D eigenvalue weighted by Gasteiger charge is -2.35. The summed E-state index contributed by atoms with van der Waals surface area (Å²) in [5.74, 6) is -1.12. The van der Waals surface area contributed by atoms with E-state index >= 15 is 0 Å². The fourth-order valence-corrected chi connectivity index (χ4v) is 4.15. The predicted molar refractivity (Wildman–Crippen MR) is 124 cm³/mol.